The van der Waals surface area contributed by atoms with E-state index in [-0.39, 0.29) is 17.7 Å². The zero-order valence-electron chi connectivity index (χ0n) is 7.71. The molecule has 2 aliphatic rings. The van der Waals surface area contributed by atoms with Crippen molar-refractivity contribution in [1.29, 1.82) is 0 Å². The lowest BCUT2D eigenvalue weighted by atomic mass is 10.2. The van der Waals surface area contributed by atoms with Crippen LogP contribution >= 0.6 is 0 Å². The molecule has 0 radical (unpaired) electrons. The lowest BCUT2D eigenvalue weighted by molar-refractivity contribution is -0.126. The highest BCUT2D eigenvalue weighted by molar-refractivity contribution is 5.90. The lowest BCUT2D eigenvalue weighted by Crippen LogP contribution is -2.37. The Morgan fingerprint density at radius 2 is 2.15 bits per heavy atom. The maximum atomic E-state index is 11.3. The summed E-state index contributed by atoms with van der Waals surface area (Å²) in [6, 6.07) is -0.161. The van der Waals surface area contributed by atoms with Crippen LogP contribution in [-0.4, -0.2) is 17.7 Å². The molecular weight excluding hydrogens is 166 g/mol. The van der Waals surface area contributed by atoms with Gasteiger partial charge in [0.25, 0.3) is 0 Å². The number of carbonyl (C=O) groups is 2. The van der Waals surface area contributed by atoms with Crippen molar-refractivity contribution in [3.63, 3.8) is 0 Å². The average molecular weight is 181 g/mol. The molecule has 0 bridgehead atoms. The third-order valence-electron chi connectivity index (χ3n) is 2.81. The van der Waals surface area contributed by atoms with Gasteiger partial charge in [0.05, 0.1) is 6.04 Å². The van der Waals surface area contributed by atoms with E-state index in [2.05, 4.69) is 5.32 Å². The standard InChI is InChI=1S/C10H15NO2/c12-9-3-1-2-8(9)11-10(13)6-7-4-5-7/h7-8H,1-6H2,(H,11,13)/t8-/m0/s1. The molecule has 13 heavy (non-hydrogen) atoms. The Morgan fingerprint density at radius 3 is 2.69 bits per heavy atom. The second-order valence-electron chi connectivity index (χ2n) is 4.13. The predicted octanol–water partition coefficient (Wildman–Crippen LogP) is 1.02. The van der Waals surface area contributed by atoms with Crippen LogP contribution in [0.2, 0.25) is 0 Å². The van der Waals surface area contributed by atoms with Gasteiger partial charge in [0, 0.05) is 12.8 Å². The summed E-state index contributed by atoms with van der Waals surface area (Å²) in [5.74, 6) is 0.892. The van der Waals surface area contributed by atoms with Gasteiger partial charge in [-0.05, 0) is 31.6 Å². The summed E-state index contributed by atoms with van der Waals surface area (Å²) in [6.07, 6.45) is 5.43. The van der Waals surface area contributed by atoms with E-state index in [9.17, 15) is 9.59 Å². The number of carbonyl (C=O) groups excluding carboxylic acids is 2. The molecule has 0 saturated heterocycles. The van der Waals surface area contributed by atoms with E-state index in [4.69, 9.17) is 0 Å². The first-order chi connectivity index (χ1) is 6.25. The van der Waals surface area contributed by atoms with Gasteiger partial charge in [-0.15, -0.1) is 0 Å². The molecule has 2 rings (SSSR count). The molecule has 3 nitrogen and oxygen atoms in total. The van der Waals surface area contributed by atoms with E-state index in [0.717, 1.165) is 12.8 Å². The number of Topliss-reactive ketones (excluding diaryl/α,β-unsaturated/α-hetero) is 1. The molecule has 2 saturated carbocycles. The second-order valence-corrected chi connectivity index (χ2v) is 4.13. The van der Waals surface area contributed by atoms with Crippen molar-refractivity contribution >= 4 is 11.7 Å². The number of rotatable bonds is 3. The molecule has 0 spiro atoms. The molecule has 0 unspecified atom stereocenters. The minimum absolute atomic E-state index is 0.0720. The normalized spacial score (nSPS) is 27.7. The number of nitrogens with one attached hydrogen (secondary N) is 1. The third-order valence-corrected chi connectivity index (χ3v) is 2.81. The number of hydrogen-bond donors (Lipinski definition) is 1. The van der Waals surface area contributed by atoms with Crippen LogP contribution < -0.4 is 5.32 Å². The van der Waals surface area contributed by atoms with Gasteiger partial charge in [-0.2, -0.15) is 0 Å². The molecule has 2 aliphatic carbocycles. The first kappa shape index (κ1) is 8.73. The minimum atomic E-state index is -0.161. The number of ketones is 1. The minimum Gasteiger partial charge on any atom is -0.346 e. The van der Waals surface area contributed by atoms with Gasteiger partial charge in [-0.1, -0.05) is 0 Å². The Balaban J connectivity index is 1.75. The van der Waals surface area contributed by atoms with Crippen LogP contribution in [0, 0.1) is 5.92 Å². The molecule has 1 amide bonds. The SMILES string of the molecule is O=C(CC1CC1)N[C@H]1CCCC1=O. The third kappa shape index (κ3) is 2.29. The Hall–Kier alpha value is -0.860. The summed E-state index contributed by atoms with van der Waals surface area (Å²) >= 11 is 0. The van der Waals surface area contributed by atoms with Crippen molar-refractivity contribution in [2.45, 2.75) is 44.6 Å². The van der Waals surface area contributed by atoms with E-state index in [0.29, 0.717) is 18.8 Å². The van der Waals surface area contributed by atoms with Crippen molar-refractivity contribution in [3.8, 4) is 0 Å². The second kappa shape index (κ2) is 3.48. The summed E-state index contributed by atoms with van der Waals surface area (Å²) in [5.41, 5.74) is 0. The molecule has 1 atom stereocenters. The fraction of sp³-hybridized carbons (Fsp3) is 0.800. The molecule has 3 heteroatoms. The first-order valence-corrected chi connectivity index (χ1v) is 5.08. The summed E-state index contributed by atoms with van der Waals surface area (Å²) < 4.78 is 0. The predicted molar refractivity (Wildman–Crippen MR) is 48.1 cm³/mol. The van der Waals surface area contributed by atoms with E-state index in [1.54, 1.807) is 0 Å². The van der Waals surface area contributed by atoms with Crippen molar-refractivity contribution in [1.82, 2.24) is 5.32 Å². The van der Waals surface area contributed by atoms with E-state index in [1.165, 1.54) is 12.8 Å². The van der Waals surface area contributed by atoms with Crippen LogP contribution in [-0.2, 0) is 9.59 Å². The van der Waals surface area contributed by atoms with Crippen LogP contribution in [0.5, 0.6) is 0 Å². The Bertz CT molecular complexity index is 233. The van der Waals surface area contributed by atoms with Gasteiger partial charge in [0.2, 0.25) is 5.91 Å². The van der Waals surface area contributed by atoms with E-state index < -0.39 is 0 Å². The molecule has 2 fully saturated rings. The Kier molecular flexibility index (Phi) is 2.34. The molecule has 1 N–H and O–H groups in total. The monoisotopic (exact) mass is 181 g/mol. The van der Waals surface area contributed by atoms with E-state index in [1.807, 2.05) is 0 Å². The van der Waals surface area contributed by atoms with Crippen LogP contribution in [0.15, 0.2) is 0 Å². The number of hydrogen-bond acceptors (Lipinski definition) is 2. The van der Waals surface area contributed by atoms with Crippen LogP contribution in [0.1, 0.15) is 38.5 Å². The fourth-order valence-electron chi connectivity index (χ4n) is 1.81. The highest BCUT2D eigenvalue weighted by Gasteiger charge is 2.29. The van der Waals surface area contributed by atoms with Crippen LogP contribution in [0.25, 0.3) is 0 Å². The smallest absolute Gasteiger partial charge is 0.220 e. The largest absolute Gasteiger partial charge is 0.346 e. The molecule has 0 heterocycles. The highest BCUT2D eigenvalue weighted by Crippen LogP contribution is 2.32. The number of amides is 1. The molecular formula is C10H15NO2. The van der Waals surface area contributed by atoms with Crippen molar-refractivity contribution in [2.24, 2.45) is 5.92 Å². The van der Waals surface area contributed by atoms with Crippen LogP contribution in [0.3, 0.4) is 0 Å². The lowest BCUT2D eigenvalue weighted by Gasteiger charge is -2.09. The topological polar surface area (TPSA) is 46.2 Å². The Morgan fingerprint density at radius 1 is 1.38 bits per heavy atom. The van der Waals surface area contributed by atoms with Crippen molar-refractivity contribution in [2.75, 3.05) is 0 Å². The van der Waals surface area contributed by atoms with Gasteiger partial charge in [-0.25, -0.2) is 0 Å². The molecule has 0 aromatic carbocycles. The van der Waals surface area contributed by atoms with Crippen molar-refractivity contribution < 1.29 is 9.59 Å². The summed E-state index contributed by atoms with van der Waals surface area (Å²) in [7, 11) is 0. The maximum absolute atomic E-state index is 11.3. The van der Waals surface area contributed by atoms with Gasteiger partial charge in [0.15, 0.2) is 5.78 Å². The fourth-order valence-corrected chi connectivity index (χ4v) is 1.81. The molecule has 72 valence electrons. The zero-order valence-corrected chi connectivity index (χ0v) is 7.71. The maximum Gasteiger partial charge on any atom is 0.220 e. The van der Waals surface area contributed by atoms with Gasteiger partial charge < -0.3 is 5.32 Å². The van der Waals surface area contributed by atoms with E-state index >= 15 is 0 Å². The molecule has 0 aromatic rings. The quantitative estimate of drug-likeness (QED) is 0.706. The summed E-state index contributed by atoms with van der Waals surface area (Å²) in [6.45, 7) is 0. The first-order valence-electron chi connectivity index (χ1n) is 5.08. The summed E-state index contributed by atoms with van der Waals surface area (Å²) in [4.78, 5) is 22.5. The van der Waals surface area contributed by atoms with Gasteiger partial charge in [0.1, 0.15) is 0 Å². The highest BCUT2D eigenvalue weighted by atomic mass is 16.2. The van der Waals surface area contributed by atoms with Gasteiger partial charge >= 0.3 is 0 Å². The molecule has 0 aliphatic heterocycles. The summed E-state index contributed by atoms with van der Waals surface area (Å²) in [5, 5.41) is 2.81. The van der Waals surface area contributed by atoms with Crippen molar-refractivity contribution in [3.05, 3.63) is 0 Å². The van der Waals surface area contributed by atoms with Crippen LogP contribution in [0.4, 0.5) is 0 Å². The molecule has 0 aromatic heterocycles. The Labute approximate surface area is 77.9 Å². The van der Waals surface area contributed by atoms with Gasteiger partial charge in [-0.3, -0.25) is 9.59 Å². The zero-order chi connectivity index (χ0) is 9.26. The average Bonchev–Trinajstić information content (AvgIpc) is 2.79.